The van der Waals surface area contributed by atoms with E-state index in [0.717, 1.165) is 0 Å². The van der Waals surface area contributed by atoms with Gasteiger partial charge in [-0.1, -0.05) is 0 Å². The summed E-state index contributed by atoms with van der Waals surface area (Å²) in [5, 5.41) is 0. The molecular weight excluding hydrogens is 105 g/mol. The molecule has 0 spiro atoms. The quantitative estimate of drug-likeness (QED) is 0.414. The molecule has 0 saturated carbocycles. The van der Waals surface area contributed by atoms with Gasteiger partial charge in [-0.15, -0.1) is 0 Å². The number of hydrogen-bond donors (Lipinski definition) is 0. The molecule has 0 aromatic rings. The second-order valence-corrected chi connectivity index (χ2v) is 0.781. The molecule has 0 aromatic heterocycles. The molecule has 0 unspecified atom stereocenters. The molecule has 0 N–H and O–H groups in total. The van der Waals surface area contributed by atoms with Crippen LogP contribution in [0.2, 0.25) is 0 Å². The van der Waals surface area contributed by atoms with Gasteiger partial charge in [-0.2, -0.15) is 13.2 Å². The molecule has 0 radical (unpaired) electrons. The van der Waals surface area contributed by atoms with Gasteiger partial charge in [0, 0.05) is 6.92 Å². The number of halogens is 3. The van der Waals surface area contributed by atoms with E-state index in [1.54, 1.807) is 0 Å². The minimum absolute atomic E-state index is 0. The van der Waals surface area contributed by atoms with E-state index in [4.69, 9.17) is 0 Å². The summed E-state index contributed by atoms with van der Waals surface area (Å²) < 4.78 is 31.1. The topological polar surface area (TPSA) is 0 Å². The molecule has 0 aromatic carbocycles. The minimum Gasteiger partial charge on any atom is -1.00 e. The first-order valence-electron chi connectivity index (χ1n) is 1.07. The van der Waals surface area contributed by atoms with Gasteiger partial charge in [0.25, 0.3) is 0 Å². The van der Waals surface area contributed by atoms with Crippen molar-refractivity contribution in [3.05, 3.63) is 0 Å². The zero-order valence-corrected chi connectivity index (χ0v) is 4.76. The van der Waals surface area contributed by atoms with Gasteiger partial charge in [-0.05, 0) is 0 Å². The van der Waals surface area contributed by atoms with Crippen molar-refractivity contribution in [3.63, 3.8) is 0 Å². The Morgan fingerprint density at radius 2 is 1.33 bits per heavy atom. The van der Waals surface area contributed by atoms with Crippen LogP contribution in [0.25, 0.3) is 0 Å². The van der Waals surface area contributed by atoms with Gasteiger partial charge in [-0.3, -0.25) is 0 Å². The van der Waals surface area contributed by atoms with Crippen LogP contribution in [0.1, 0.15) is 9.78 Å². The van der Waals surface area contributed by atoms with Crippen molar-refractivity contribution in [1.29, 1.82) is 0 Å². The fourth-order valence-corrected chi connectivity index (χ4v) is 0. The smallest absolute Gasteiger partial charge is 1.00 e. The summed E-state index contributed by atoms with van der Waals surface area (Å²) in [5.41, 5.74) is 0. The van der Waals surface area contributed by atoms with Crippen molar-refractivity contribution < 1.29 is 16.0 Å². The van der Waals surface area contributed by atoms with Gasteiger partial charge in [0.15, 0.2) is 0 Å². The molecule has 0 nitrogen and oxygen atoms in total. The summed E-state index contributed by atoms with van der Waals surface area (Å²) in [6, 6.07) is 0. The third-order valence-electron chi connectivity index (χ3n) is 0. The van der Waals surface area contributed by atoms with Crippen LogP contribution in [-0.4, -0.2) is 29.2 Å². The van der Waals surface area contributed by atoms with Crippen LogP contribution < -0.4 is 0 Å². The van der Waals surface area contributed by atoms with E-state index in [1.807, 2.05) is 0 Å². The molecule has 0 aliphatic rings. The number of hydrogen-bond acceptors (Lipinski definition) is 0. The van der Waals surface area contributed by atoms with Crippen molar-refractivity contribution in [2.75, 3.05) is 0 Å². The first kappa shape index (κ1) is 9.75. The maximum absolute atomic E-state index is 10.4. The summed E-state index contributed by atoms with van der Waals surface area (Å²) in [4.78, 5) is 0. The Hall–Kier alpha value is 0.556. The third-order valence-corrected chi connectivity index (χ3v) is 0. The van der Waals surface area contributed by atoms with E-state index in [-0.39, 0.29) is 32.8 Å². The average molecular weight is 110 g/mol. The number of alkyl halides is 3. The molecule has 0 saturated heterocycles. The van der Waals surface area contributed by atoms with E-state index in [2.05, 4.69) is 0 Å². The first-order chi connectivity index (χ1) is 2.00. The monoisotopic (exact) mass is 110 g/mol. The van der Waals surface area contributed by atoms with Crippen LogP contribution in [0.5, 0.6) is 0 Å². The molecular formula is C2H5F3Mg. The first-order valence-corrected chi connectivity index (χ1v) is 1.07. The molecule has 0 rings (SSSR count). The Bertz CT molecular complexity index is 30.8. The molecule has 0 atom stereocenters. The van der Waals surface area contributed by atoms with E-state index >= 15 is 0 Å². The molecule has 0 amide bonds. The Kier molecular flexibility index (Phi) is 4.36. The Balaban J connectivity index is -0.0000000267. The second-order valence-electron chi connectivity index (χ2n) is 0.781. The van der Waals surface area contributed by atoms with E-state index in [9.17, 15) is 13.2 Å². The average Bonchev–Trinajstić information content (AvgIpc) is 0.722. The molecule has 0 bridgehead atoms. The fourth-order valence-electron chi connectivity index (χ4n) is 0. The minimum atomic E-state index is -4.00. The predicted molar refractivity (Wildman–Crippen MR) is 19.7 cm³/mol. The summed E-state index contributed by atoms with van der Waals surface area (Å²) in [6.45, 7) is 0.188. The van der Waals surface area contributed by atoms with Gasteiger partial charge in [0.1, 0.15) is 0 Å². The summed E-state index contributed by atoms with van der Waals surface area (Å²) in [7, 11) is 0. The third kappa shape index (κ3) is 186. The van der Waals surface area contributed by atoms with Crippen LogP contribution in [-0.2, 0) is 0 Å². The Morgan fingerprint density at radius 1 is 1.33 bits per heavy atom. The fraction of sp³-hybridized carbons (Fsp3) is 1.00. The SMILES string of the molecule is CC(F)(F)F.[H-].[H-].[Mg+2]. The zero-order chi connectivity index (χ0) is 4.50. The van der Waals surface area contributed by atoms with Crippen LogP contribution in [0.15, 0.2) is 0 Å². The zero-order valence-electron chi connectivity index (χ0n) is 5.34. The molecule has 0 heterocycles. The van der Waals surface area contributed by atoms with Crippen molar-refractivity contribution in [2.24, 2.45) is 0 Å². The van der Waals surface area contributed by atoms with Gasteiger partial charge < -0.3 is 2.85 Å². The summed E-state index contributed by atoms with van der Waals surface area (Å²) in [6.07, 6.45) is -4.00. The van der Waals surface area contributed by atoms with Crippen molar-refractivity contribution in [1.82, 2.24) is 0 Å². The van der Waals surface area contributed by atoms with E-state index in [0.29, 0.717) is 0 Å². The molecule has 0 aliphatic heterocycles. The van der Waals surface area contributed by atoms with Gasteiger partial charge in [0.2, 0.25) is 0 Å². The molecule has 36 valence electrons. The van der Waals surface area contributed by atoms with E-state index < -0.39 is 6.18 Å². The summed E-state index contributed by atoms with van der Waals surface area (Å²) in [5.74, 6) is 0. The van der Waals surface area contributed by atoms with Crippen LogP contribution in [0.4, 0.5) is 13.2 Å². The molecule has 6 heavy (non-hydrogen) atoms. The van der Waals surface area contributed by atoms with Crippen LogP contribution >= 0.6 is 0 Å². The van der Waals surface area contributed by atoms with Crippen molar-refractivity contribution in [2.45, 2.75) is 13.1 Å². The van der Waals surface area contributed by atoms with Crippen LogP contribution in [0, 0.1) is 0 Å². The van der Waals surface area contributed by atoms with Crippen LogP contribution in [0.3, 0.4) is 0 Å². The largest absolute Gasteiger partial charge is 2.00 e. The van der Waals surface area contributed by atoms with Gasteiger partial charge in [-0.25, -0.2) is 0 Å². The second kappa shape index (κ2) is 2.68. The van der Waals surface area contributed by atoms with Gasteiger partial charge in [0.05, 0.1) is 0 Å². The maximum Gasteiger partial charge on any atom is 2.00 e. The Morgan fingerprint density at radius 3 is 1.33 bits per heavy atom. The molecule has 0 fully saturated rings. The predicted octanol–water partition coefficient (Wildman–Crippen LogP) is 1.41. The van der Waals surface area contributed by atoms with Gasteiger partial charge >= 0.3 is 29.2 Å². The normalized spacial score (nSPS) is 10.0. The van der Waals surface area contributed by atoms with Crippen molar-refractivity contribution >= 4 is 23.1 Å². The molecule has 4 heteroatoms. The Labute approximate surface area is 52.8 Å². The van der Waals surface area contributed by atoms with E-state index in [1.165, 1.54) is 0 Å². The van der Waals surface area contributed by atoms with Crippen molar-refractivity contribution in [3.8, 4) is 0 Å². The standard InChI is InChI=1S/C2H3F3.Mg.2H/c1-2(3,4)5;;;/h1H3;;;/q;+2;2*-1. The maximum atomic E-state index is 10.4. The summed E-state index contributed by atoms with van der Waals surface area (Å²) >= 11 is 0. The molecule has 0 aliphatic carbocycles. The number of rotatable bonds is 0.